The summed E-state index contributed by atoms with van der Waals surface area (Å²) in [5, 5.41) is 0. The van der Waals surface area contributed by atoms with E-state index in [0.717, 1.165) is 42.8 Å². The molecule has 2 aromatic rings. The quantitative estimate of drug-likeness (QED) is 0.683. The lowest BCUT2D eigenvalue weighted by molar-refractivity contribution is -0.136. The molecule has 1 atom stereocenters. The summed E-state index contributed by atoms with van der Waals surface area (Å²) in [5.41, 5.74) is 2.79. The zero-order valence-electron chi connectivity index (χ0n) is 19.5. The van der Waals surface area contributed by atoms with Gasteiger partial charge in [-0.15, -0.1) is 0 Å². The topological polar surface area (TPSA) is 79.3 Å². The van der Waals surface area contributed by atoms with Gasteiger partial charge in [-0.25, -0.2) is 9.97 Å². The number of nitrogens with zero attached hydrogens (tertiary/aromatic N) is 5. The zero-order valence-corrected chi connectivity index (χ0v) is 19.5. The molecular formula is C26H33N5O2. The van der Waals surface area contributed by atoms with E-state index >= 15 is 0 Å². The highest BCUT2D eigenvalue weighted by Crippen LogP contribution is 2.36. The first-order valence-electron chi connectivity index (χ1n) is 12.5. The average molecular weight is 448 g/mol. The van der Waals surface area contributed by atoms with E-state index < -0.39 is 0 Å². The van der Waals surface area contributed by atoms with E-state index in [2.05, 4.69) is 4.98 Å². The Hall–Kier alpha value is -2.83. The van der Waals surface area contributed by atoms with Gasteiger partial charge in [-0.3, -0.25) is 19.5 Å². The van der Waals surface area contributed by atoms with Crippen molar-refractivity contribution >= 4 is 17.6 Å². The van der Waals surface area contributed by atoms with Crippen molar-refractivity contribution in [2.75, 3.05) is 11.4 Å². The van der Waals surface area contributed by atoms with Gasteiger partial charge in [0, 0.05) is 36.8 Å². The molecule has 0 spiro atoms. The number of aromatic nitrogens is 3. The van der Waals surface area contributed by atoms with Crippen LogP contribution in [0.2, 0.25) is 0 Å². The lowest BCUT2D eigenvalue weighted by Gasteiger charge is -2.37. The molecule has 5 rings (SSSR count). The van der Waals surface area contributed by atoms with Gasteiger partial charge in [-0.05, 0) is 63.5 Å². The normalized spacial score (nSPS) is 21.4. The number of amides is 2. The molecule has 0 N–H and O–H groups in total. The molecule has 1 unspecified atom stereocenters. The lowest BCUT2D eigenvalue weighted by atomic mass is 9.97. The third kappa shape index (κ3) is 4.63. The van der Waals surface area contributed by atoms with Crippen molar-refractivity contribution in [3.8, 4) is 0 Å². The predicted octanol–water partition coefficient (Wildman–Crippen LogP) is 4.29. The first-order chi connectivity index (χ1) is 16.1. The standard InChI is InChI=1S/C26H33N5O2/c1-18-21-12-13-23(32)31(17-20-10-4-6-14-27-20)26(21)29-25(28-18)22-11-5-7-15-30(22)24(33)16-19-8-2-3-9-19/h4,6,10,14,19,22H,2-3,5,7-9,11-13,15-17H2,1H3. The SMILES string of the molecule is Cc1nc(C2CCCCN2C(=O)CC2CCCC2)nc2c1CCC(=O)N2Cc1ccccn1. The summed E-state index contributed by atoms with van der Waals surface area (Å²) >= 11 is 0. The van der Waals surface area contributed by atoms with Crippen molar-refractivity contribution in [3.05, 3.63) is 47.2 Å². The summed E-state index contributed by atoms with van der Waals surface area (Å²) in [6.07, 6.45) is 11.3. The molecule has 2 amide bonds. The fourth-order valence-electron chi connectivity index (χ4n) is 5.65. The largest absolute Gasteiger partial charge is 0.332 e. The highest BCUT2D eigenvalue weighted by Gasteiger charge is 2.34. The van der Waals surface area contributed by atoms with Crippen LogP contribution in [-0.2, 0) is 22.6 Å². The molecule has 0 bridgehead atoms. The third-order valence-electron chi connectivity index (χ3n) is 7.46. The molecule has 2 fully saturated rings. The summed E-state index contributed by atoms with van der Waals surface area (Å²) in [4.78, 5) is 44.2. The fourth-order valence-corrected chi connectivity index (χ4v) is 5.65. The maximum Gasteiger partial charge on any atom is 0.228 e. The second-order valence-electron chi connectivity index (χ2n) is 9.72. The number of fused-ring (bicyclic) bond motifs is 1. The maximum atomic E-state index is 13.3. The Morgan fingerprint density at radius 1 is 1.06 bits per heavy atom. The Balaban J connectivity index is 1.45. The van der Waals surface area contributed by atoms with Gasteiger partial charge in [-0.1, -0.05) is 18.9 Å². The van der Waals surface area contributed by atoms with Crippen LogP contribution in [0.25, 0.3) is 0 Å². The van der Waals surface area contributed by atoms with E-state index in [-0.39, 0.29) is 17.9 Å². The number of anilines is 1. The van der Waals surface area contributed by atoms with Crippen molar-refractivity contribution in [2.24, 2.45) is 5.92 Å². The molecule has 1 aliphatic carbocycles. The average Bonchev–Trinajstić information content (AvgIpc) is 3.34. The van der Waals surface area contributed by atoms with Crippen LogP contribution in [0.3, 0.4) is 0 Å². The second kappa shape index (κ2) is 9.57. The van der Waals surface area contributed by atoms with E-state index in [1.807, 2.05) is 30.0 Å². The number of hydrogen-bond acceptors (Lipinski definition) is 5. The highest BCUT2D eigenvalue weighted by atomic mass is 16.2. The van der Waals surface area contributed by atoms with E-state index in [0.29, 0.717) is 43.4 Å². The fraction of sp³-hybridized carbons (Fsp3) is 0.577. The zero-order chi connectivity index (χ0) is 22.8. The Kier molecular flexibility index (Phi) is 6.38. The minimum absolute atomic E-state index is 0.0648. The van der Waals surface area contributed by atoms with Crippen molar-refractivity contribution in [3.63, 3.8) is 0 Å². The maximum absolute atomic E-state index is 13.3. The smallest absolute Gasteiger partial charge is 0.228 e. The molecule has 2 aliphatic heterocycles. The van der Waals surface area contributed by atoms with Crippen molar-refractivity contribution in [1.82, 2.24) is 19.9 Å². The van der Waals surface area contributed by atoms with Crippen LogP contribution in [0.5, 0.6) is 0 Å². The molecule has 4 heterocycles. The lowest BCUT2D eigenvalue weighted by Crippen LogP contribution is -2.41. The molecule has 7 nitrogen and oxygen atoms in total. The van der Waals surface area contributed by atoms with E-state index in [4.69, 9.17) is 9.97 Å². The minimum atomic E-state index is -0.106. The number of pyridine rings is 1. The Morgan fingerprint density at radius 2 is 1.88 bits per heavy atom. The van der Waals surface area contributed by atoms with E-state index in [9.17, 15) is 9.59 Å². The molecule has 1 saturated heterocycles. The molecule has 2 aromatic heterocycles. The summed E-state index contributed by atoms with van der Waals surface area (Å²) in [7, 11) is 0. The van der Waals surface area contributed by atoms with Crippen LogP contribution in [-0.4, -0.2) is 38.2 Å². The van der Waals surface area contributed by atoms with Gasteiger partial charge in [-0.2, -0.15) is 0 Å². The van der Waals surface area contributed by atoms with E-state index in [1.54, 1.807) is 11.1 Å². The van der Waals surface area contributed by atoms with Crippen molar-refractivity contribution < 1.29 is 9.59 Å². The molecular weight excluding hydrogens is 414 g/mol. The van der Waals surface area contributed by atoms with Crippen LogP contribution in [0.15, 0.2) is 24.4 Å². The minimum Gasteiger partial charge on any atom is -0.332 e. The summed E-state index contributed by atoms with van der Waals surface area (Å²) in [6.45, 7) is 3.18. The van der Waals surface area contributed by atoms with E-state index in [1.165, 1.54) is 25.7 Å². The summed E-state index contributed by atoms with van der Waals surface area (Å²) < 4.78 is 0. The van der Waals surface area contributed by atoms with Gasteiger partial charge in [0.15, 0.2) is 5.82 Å². The van der Waals surface area contributed by atoms with Crippen molar-refractivity contribution in [2.45, 2.75) is 83.7 Å². The molecule has 0 aromatic carbocycles. The van der Waals surface area contributed by atoms with Crippen LogP contribution < -0.4 is 4.90 Å². The van der Waals surface area contributed by atoms with Crippen LogP contribution in [0.1, 0.15) is 86.6 Å². The summed E-state index contributed by atoms with van der Waals surface area (Å²) in [6, 6.07) is 5.64. The Bertz CT molecular complexity index is 1020. The monoisotopic (exact) mass is 447 g/mol. The Labute approximate surface area is 195 Å². The Morgan fingerprint density at radius 3 is 2.67 bits per heavy atom. The van der Waals surface area contributed by atoms with Gasteiger partial charge in [0.2, 0.25) is 11.8 Å². The first-order valence-corrected chi connectivity index (χ1v) is 12.5. The van der Waals surface area contributed by atoms with Crippen LogP contribution in [0, 0.1) is 12.8 Å². The molecule has 174 valence electrons. The number of likely N-dealkylation sites (tertiary alicyclic amines) is 1. The number of piperidine rings is 1. The summed E-state index contributed by atoms with van der Waals surface area (Å²) in [5.74, 6) is 2.22. The first kappa shape index (κ1) is 22.0. The number of carbonyl (C=O) groups is 2. The second-order valence-corrected chi connectivity index (χ2v) is 9.72. The van der Waals surface area contributed by atoms with Gasteiger partial charge in [0.1, 0.15) is 5.82 Å². The van der Waals surface area contributed by atoms with Gasteiger partial charge >= 0.3 is 0 Å². The van der Waals surface area contributed by atoms with Crippen LogP contribution in [0.4, 0.5) is 5.82 Å². The number of carbonyl (C=O) groups excluding carboxylic acids is 2. The molecule has 33 heavy (non-hydrogen) atoms. The number of aryl methyl sites for hydroxylation is 1. The highest BCUT2D eigenvalue weighted by molar-refractivity contribution is 5.95. The third-order valence-corrected chi connectivity index (χ3v) is 7.46. The van der Waals surface area contributed by atoms with Crippen LogP contribution >= 0.6 is 0 Å². The molecule has 3 aliphatic rings. The van der Waals surface area contributed by atoms with Gasteiger partial charge in [0.25, 0.3) is 0 Å². The van der Waals surface area contributed by atoms with Gasteiger partial charge in [0.05, 0.1) is 18.3 Å². The molecule has 7 heteroatoms. The predicted molar refractivity (Wildman–Crippen MR) is 125 cm³/mol. The number of rotatable bonds is 5. The molecule has 0 radical (unpaired) electrons. The van der Waals surface area contributed by atoms with Gasteiger partial charge < -0.3 is 4.90 Å². The van der Waals surface area contributed by atoms with Crippen molar-refractivity contribution in [1.29, 1.82) is 0 Å². The number of hydrogen-bond donors (Lipinski definition) is 0. The molecule has 1 saturated carbocycles.